The molecule has 0 radical (unpaired) electrons. The Balaban J connectivity index is 2.96. The highest BCUT2D eigenvalue weighted by molar-refractivity contribution is 8.32. The van der Waals surface area contributed by atoms with E-state index in [1.807, 2.05) is 0 Å². The van der Waals surface area contributed by atoms with Crippen LogP contribution in [0.1, 0.15) is 12.5 Å². The van der Waals surface area contributed by atoms with E-state index < -0.39 is 10.0 Å². The Morgan fingerprint density at radius 2 is 1.58 bits per heavy atom. The minimum atomic E-state index is -0.515. The molecule has 0 heterocycles. The molecule has 0 saturated heterocycles. The maximum absolute atomic E-state index is 2.37. The van der Waals surface area contributed by atoms with Gasteiger partial charge in [-0.15, -0.1) is 0 Å². The van der Waals surface area contributed by atoms with Gasteiger partial charge in [-0.05, 0) is 42.2 Å². The van der Waals surface area contributed by atoms with Crippen LogP contribution < -0.4 is 0 Å². The van der Waals surface area contributed by atoms with Gasteiger partial charge in [0.2, 0.25) is 0 Å². The summed E-state index contributed by atoms with van der Waals surface area (Å²) in [4.78, 5) is 1.52. The molecule has 0 unspecified atom stereocenters. The zero-order chi connectivity index (χ0) is 9.19. The molecule has 0 atom stereocenters. The fourth-order valence-electron chi connectivity index (χ4n) is 1.07. The fraction of sp³-hybridized carbons (Fsp3) is 0.455. The molecule has 0 bridgehead atoms. The number of benzene rings is 1. The summed E-state index contributed by atoms with van der Waals surface area (Å²) in [5, 5.41) is 0. The first kappa shape index (κ1) is 9.66. The van der Waals surface area contributed by atoms with E-state index in [0.717, 1.165) is 0 Å². The zero-order valence-corrected chi connectivity index (χ0v) is 9.24. The summed E-state index contributed by atoms with van der Waals surface area (Å²) in [5.41, 5.74) is 1.35. The van der Waals surface area contributed by atoms with E-state index in [1.165, 1.54) is 16.2 Å². The standard InChI is InChI=1S/C11H18S/c1-5-12(3,4)11-8-6-10(2)7-9-11/h6-9H,5H2,1-4H3. The van der Waals surface area contributed by atoms with Gasteiger partial charge in [0.15, 0.2) is 0 Å². The predicted molar refractivity (Wildman–Crippen MR) is 59.4 cm³/mol. The summed E-state index contributed by atoms with van der Waals surface area (Å²) in [6.07, 6.45) is 4.75. The van der Waals surface area contributed by atoms with Gasteiger partial charge < -0.3 is 0 Å². The third-order valence-corrected chi connectivity index (χ3v) is 5.37. The number of aryl methyl sites for hydroxylation is 1. The van der Waals surface area contributed by atoms with Crippen LogP contribution in [-0.2, 0) is 0 Å². The predicted octanol–water partition coefficient (Wildman–Crippen LogP) is 3.44. The second-order valence-corrected chi connectivity index (χ2v) is 7.77. The second kappa shape index (κ2) is 3.53. The molecule has 0 aliphatic heterocycles. The largest absolute Gasteiger partial charge is 0.221 e. The van der Waals surface area contributed by atoms with Gasteiger partial charge in [0, 0.05) is 0 Å². The lowest BCUT2D eigenvalue weighted by molar-refractivity contribution is 1.34. The maximum Gasteiger partial charge on any atom is -0.0104 e. The summed E-state index contributed by atoms with van der Waals surface area (Å²) in [6.45, 7) is 4.41. The lowest BCUT2D eigenvalue weighted by atomic mass is 10.2. The summed E-state index contributed by atoms with van der Waals surface area (Å²) >= 11 is 0. The SMILES string of the molecule is CCS(C)(C)c1ccc(C)cc1. The van der Waals surface area contributed by atoms with Crippen molar-refractivity contribution in [3.8, 4) is 0 Å². The van der Waals surface area contributed by atoms with Gasteiger partial charge in [-0.3, -0.25) is 0 Å². The minimum Gasteiger partial charge on any atom is -0.221 e. The lowest BCUT2D eigenvalue weighted by Crippen LogP contribution is -1.98. The van der Waals surface area contributed by atoms with Crippen LogP contribution in [0.2, 0.25) is 0 Å². The Morgan fingerprint density at radius 3 is 2.00 bits per heavy atom. The van der Waals surface area contributed by atoms with Crippen molar-refractivity contribution in [2.45, 2.75) is 18.7 Å². The highest BCUT2D eigenvalue weighted by Crippen LogP contribution is 2.48. The molecule has 1 aromatic rings. The van der Waals surface area contributed by atoms with Crippen LogP contribution in [0, 0.1) is 6.92 Å². The molecule has 0 aliphatic carbocycles. The van der Waals surface area contributed by atoms with E-state index in [2.05, 4.69) is 50.6 Å². The van der Waals surface area contributed by atoms with Gasteiger partial charge in [-0.2, -0.15) is 0 Å². The van der Waals surface area contributed by atoms with Crippen LogP contribution >= 0.6 is 10.0 Å². The quantitative estimate of drug-likeness (QED) is 0.657. The molecule has 68 valence electrons. The molecule has 0 saturated carbocycles. The van der Waals surface area contributed by atoms with E-state index in [1.54, 1.807) is 0 Å². The third kappa shape index (κ3) is 2.04. The van der Waals surface area contributed by atoms with Crippen molar-refractivity contribution in [2.75, 3.05) is 18.3 Å². The molecule has 12 heavy (non-hydrogen) atoms. The highest BCUT2D eigenvalue weighted by Gasteiger charge is 2.10. The molecule has 0 aromatic heterocycles. The number of hydrogen-bond donors (Lipinski definition) is 0. The molecule has 0 nitrogen and oxygen atoms in total. The fourth-order valence-corrected chi connectivity index (χ4v) is 2.28. The lowest BCUT2D eigenvalue weighted by Gasteiger charge is -2.30. The van der Waals surface area contributed by atoms with Gasteiger partial charge in [0.25, 0.3) is 0 Å². The molecule has 1 heteroatoms. The van der Waals surface area contributed by atoms with Crippen molar-refractivity contribution in [2.24, 2.45) is 0 Å². The molecule has 1 aromatic carbocycles. The summed E-state index contributed by atoms with van der Waals surface area (Å²) in [5.74, 6) is 1.27. The van der Waals surface area contributed by atoms with Gasteiger partial charge in [-0.25, -0.2) is 10.0 Å². The Morgan fingerprint density at radius 1 is 1.08 bits per heavy atom. The van der Waals surface area contributed by atoms with Gasteiger partial charge in [0.1, 0.15) is 0 Å². The van der Waals surface area contributed by atoms with Crippen LogP contribution in [0.25, 0.3) is 0 Å². The van der Waals surface area contributed by atoms with E-state index in [0.29, 0.717) is 0 Å². The molecule has 0 spiro atoms. The van der Waals surface area contributed by atoms with E-state index >= 15 is 0 Å². The molecule has 0 amide bonds. The van der Waals surface area contributed by atoms with Gasteiger partial charge in [0.05, 0.1) is 0 Å². The molecule has 0 N–H and O–H groups in total. The summed E-state index contributed by atoms with van der Waals surface area (Å²) in [7, 11) is -0.515. The van der Waals surface area contributed by atoms with Gasteiger partial charge in [-0.1, -0.05) is 24.6 Å². The van der Waals surface area contributed by atoms with Crippen LogP contribution in [0.15, 0.2) is 29.2 Å². The molecule has 0 aliphatic rings. The van der Waals surface area contributed by atoms with Crippen molar-refractivity contribution in [1.82, 2.24) is 0 Å². The number of rotatable bonds is 2. The van der Waals surface area contributed by atoms with E-state index in [-0.39, 0.29) is 0 Å². The van der Waals surface area contributed by atoms with Crippen LogP contribution in [0.3, 0.4) is 0 Å². The normalized spacial score (nSPS) is 13.0. The summed E-state index contributed by atoms with van der Waals surface area (Å²) < 4.78 is 0. The topological polar surface area (TPSA) is 0 Å². The van der Waals surface area contributed by atoms with Crippen molar-refractivity contribution >= 4 is 10.0 Å². The Kier molecular flexibility index (Phi) is 2.84. The Labute approximate surface area is 77.3 Å². The van der Waals surface area contributed by atoms with E-state index in [9.17, 15) is 0 Å². The van der Waals surface area contributed by atoms with Crippen LogP contribution in [-0.4, -0.2) is 18.3 Å². The van der Waals surface area contributed by atoms with Crippen molar-refractivity contribution < 1.29 is 0 Å². The van der Waals surface area contributed by atoms with Crippen molar-refractivity contribution in [1.29, 1.82) is 0 Å². The highest BCUT2D eigenvalue weighted by atomic mass is 32.3. The minimum absolute atomic E-state index is 0.515. The first-order chi connectivity index (χ1) is 5.56. The average Bonchev–Trinajstić information content (AvgIpc) is 2.05. The first-order valence-corrected chi connectivity index (χ1v) is 6.96. The Bertz CT molecular complexity index is 246. The third-order valence-electron chi connectivity index (χ3n) is 2.38. The first-order valence-electron chi connectivity index (χ1n) is 4.34. The number of hydrogen-bond acceptors (Lipinski definition) is 0. The van der Waals surface area contributed by atoms with Crippen LogP contribution in [0.4, 0.5) is 0 Å². The molecular weight excluding hydrogens is 164 g/mol. The Hall–Kier alpha value is -0.430. The van der Waals surface area contributed by atoms with Crippen LogP contribution in [0.5, 0.6) is 0 Å². The molecule has 0 fully saturated rings. The van der Waals surface area contributed by atoms with Crippen molar-refractivity contribution in [3.05, 3.63) is 29.8 Å². The monoisotopic (exact) mass is 182 g/mol. The maximum atomic E-state index is 2.37. The van der Waals surface area contributed by atoms with E-state index in [4.69, 9.17) is 0 Å². The molecule has 1 rings (SSSR count). The van der Waals surface area contributed by atoms with Gasteiger partial charge >= 0.3 is 0 Å². The second-order valence-electron chi connectivity index (χ2n) is 3.64. The molecular formula is C11H18S. The average molecular weight is 182 g/mol. The smallest absolute Gasteiger partial charge is 0.0104 e. The summed E-state index contributed by atoms with van der Waals surface area (Å²) in [6, 6.07) is 8.96. The van der Waals surface area contributed by atoms with Crippen molar-refractivity contribution in [3.63, 3.8) is 0 Å². The zero-order valence-electron chi connectivity index (χ0n) is 8.42.